The molecular weight excluding hydrogens is 258 g/mol. The van der Waals surface area contributed by atoms with E-state index in [-0.39, 0.29) is 12.0 Å². The molecule has 0 unspecified atom stereocenters. The summed E-state index contributed by atoms with van der Waals surface area (Å²) in [4.78, 5) is 12.8. The molecule has 4 heteroatoms. The Labute approximate surface area is 118 Å². The Morgan fingerprint density at radius 3 is 2.84 bits per heavy atom. The smallest absolute Gasteiger partial charge is 0.244 e. The van der Waals surface area contributed by atoms with Gasteiger partial charge >= 0.3 is 0 Å². The molecule has 1 fully saturated rings. The fraction of sp³-hybridized carbons (Fsp3) is 0.533. The molecule has 1 aromatic heterocycles. The van der Waals surface area contributed by atoms with Crippen LogP contribution in [0.4, 0.5) is 0 Å². The maximum Gasteiger partial charge on any atom is 0.244 e. The van der Waals surface area contributed by atoms with Crippen molar-refractivity contribution in [2.24, 2.45) is 5.92 Å². The predicted octanol–water partition coefficient (Wildman–Crippen LogP) is 2.74. The van der Waals surface area contributed by atoms with Gasteiger partial charge in [0.1, 0.15) is 0 Å². The van der Waals surface area contributed by atoms with Crippen molar-refractivity contribution in [3.63, 3.8) is 0 Å². The highest BCUT2D eigenvalue weighted by Gasteiger charge is 2.19. The highest BCUT2D eigenvalue weighted by Crippen LogP contribution is 2.23. The first-order valence-electron chi connectivity index (χ1n) is 6.83. The predicted molar refractivity (Wildman–Crippen MR) is 79.1 cm³/mol. The van der Waals surface area contributed by atoms with Crippen molar-refractivity contribution in [1.82, 2.24) is 5.32 Å². The minimum Gasteiger partial charge on any atom is -0.393 e. The third-order valence-corrected chi connectivity index (χ3v) is 4.65. The summed E-state index contributed by atoms with van der Waals surface area (Å²) in [5.74, 6) is 0.489. The number of aryl methyl sites for hydroxylation is 1. The van der Waals surface area contributed by atoms with Gasteiger partial charge in [0.15, 0.2) is 0 Å². The third-order valence-electron chi connectivity index (χ3n) is 3.67. The minimum atomic E-state index is -0.131. The molecular formula is C15H21NO2S. The number of hydrogen-bond acceptors (Lipinski definition) is 3. The number of aliphatic hydroxyl groups excluding tert-OH is 1. The van der Waals surface area contributed by atoms with Crippen LogP contribution >= 0.6 is 11.3 Å². The Bertz CT molecular complexity index is 445. The van der Waals surface area contributed by atoms with E-state index < -0.39 is 0 Å². The maximum absolute atomic E-state index is 11.7. The second-order valence-electron chi connectivity index (χ2n) is 5.22. The molecule has 1 aliphatic rings. The van der Waals surface area contributed by atoms with E-state index >= 15 is 0 Å². The number of nitrogens with one attached hydrogen (secondary N) is 1. The average molecular weight is 279 g/mol. The zero-order valence-corrected chi connectivity index (χ0v) is 12.1. The van der Waals surface area contributed by atoms with Crippen molar-refractivity contribution in [2.45, 2.75) is 38.7 Å². The van der Waals surface area contributed by atoms with Crippen LogP contribution in [0.25, 0.3) is 6.08 Å². The lowest BCUT2D eigenvalue weighted by atomic mass is 9.87. The fourth-order valence-electron chi connectivity index (χ4n) is 2.36. The van der Waals surface area contributed by atoms with Gasteiger partial charge < -0.3 is 10.4 Å². The van der Waals surface area contributed by atoms with Gasteiger partial charge in [-0.05, 0) is 61.6 Å². The summed E-state index contributed by atoms with van der Waals surface area (Å²) in [6.07, 6.45) is 7.10. The van der Waals surface area contributed by atoms with E-state index in [0.717, 1.165) is 37.1 Å². The second kappa shape index (κ2) is 6.87. The first kappa shape index (κ1) is 14.3. The van der Waals surface area contributed by atoms with Gasteiger partial charge in [-0.15, -0.1) is 11.3 Å². The molecule has 1 aliphatic carbocycles. The van der Waals surface area contributed by atoms with Gasteiger partial charge in [0.05, 0.1) is 6.10 Å². The summed E-state index contributed by atoms with van der Waals surface area (Å²) < 4.78 is 0. The number of aliphatic hydroxyl groups is 1. The van der Waals surface area contributed by atoms with E-state index in [0.29, 0.717) is 5.92 Å². The lowest BCUT2D eigenvalue weighted by Gasteiger charge is -2.25. The number of carbonyl (C=O) groups is 1. The SMILES string of the molecule is Cc1ccsc1/C=C/C(=O)NCC1CCC(O)CC1. The van der Waals surface area contributed by atoms with Crippen LogP contribution < -0.4 is 5.32 Å². The number of rotatable bonds is 4. The van der Waals surface area contributed by atoms with E-state index in [4.69, 9.17) is 0 Å². The Morgan fingerprint density at radius 2 is 2.21 bits per heavy atom. The van der Waals surface area contributed by atoms with E-state index in [9.17, 15) is 9.90 Å². The molecule has 0 atom stereocenters. The van der Waals surface area contributed by atoms with Crippen LogP contribution in [0.5, 0.6) is 0 Å². The van der Waals surface area contributed by atoms with Gasteiger partial charge in [0.25, 0.3) is 0 Å². The standard InChI is InChI=1S/C15H21NO2S/c1-11-8-9-19-14(11)6-7-15(18)16-10-12-2-4-13(17)5-3-12/h6-9,12-13,17H,2-5,10H2,1H3,(H,16,18)/b7-6+. The second-order valence-corrected chi connectivity index (χ2v) is 6.17. The summed E-state index contributed by atoms with van der Waals surface area (Å²) in [6, 6.07) is 2.05. The quantitative estimate of drug-likeness (QED) is 0.833. The minimum absolute atomic E-state index is 0.0288. The van der Waals surface area contributed by atoms with Crippen molar-refractivity contribution in [1.29, 1.82) is 0 Å². The number of thiophene rings is 1. The maximum atomic E-state index is 11.7. The first-order chi connectivity index (χ1) is 9.15. The summed E-state index contributed by atoms with van der Waals surface area (Å²) in [7, 11) is 0. The fourth-order valence-corrected chi connectivity index (χ4v) is 3.18. The van der Waals surface area contributed by atoms with Gasteiger partial charge in [-0.2, -0.15) is 0 Å². The van der Waals surface area contributed by atoms with Crippen LogP contribution in [0.15, 0.2) is 17.5 Å². The number of carbonyl (C=O) groups excluding carboxylic acids is 1. The molecule has 0 bridgehead atoms. The van der Waals surface area contributed by atoms with Crippen molar-refractivity contribution >= 4 is 23.3 Å². The molecule has 0 radical (unpaired) electrons. The zero-order valence-electron chi connectivity index (χ0n) is 11.3. The van der Waals surface area contributed by atoms with Crippen molar-refractivity contribution in [3.05, 3.63) is 28.0 Å². The molecule has 0 saturated heterocycles. The van der Waals surface area contributed by atoms with Crippen LogP contribution in [0.1, 0.15) is 36.1 Å². The topological polar surface area (TPSA) is 49.3 Å². The Hall–Kier alpha value is -1.13. The van der Waals surface area contributed by atoms with Crippen LogP contribution in [0.2, 0.25) is 0 Å². The molecule has 2 rings (SSSR count). The number of amides is 1. The molecule has 1 amide bonds. The van der Waals surface area contributed by atoms with Crippen molar-refractivity contribution < 1.29 is 9.90 Å². The summed E-state index contributed by atoms with van der Waals surface area (Å²) in [6.45, 7) is 2.76. The van der Waals surface area contributed by atoms with E-state index in [1.165, 1.54) is 5.56 Å². The molecule has 2 N–H and O–H groups in total. The van der Waals surface area contributed by atoms with E-state index in [2.05, 4.69) is 11.4 Å². The zero-order chi connectivity index (χ0) is 13.7. The molecule has 3 nitrogen and oxygen atoms in total. The van der Waals surface area contributed by atoms with Crippen LogP contribution in [0.3, 0.4) is 0 Å². The third kappa shape index (κ3) is 4.48. The molecule has 1 saturated carbocycles. The molecule has 0 aliphatic heterocycles. The normalized spacial score (nSPS) is 23.7. The lowest BCUT2D eigenvalue weighted by molar-refractivity contribution is -0.116. The first-order valence-corrected chi connectivity index (χ1v) is 7.71. The van der Waals surface area contributed by atoms with Crippen LogP contribution in [-0.2, 0) is 4.79 Å². The van der Waals surface area contributed by atoms with Gasteiger partial charge in [-0.3, -0.25) is 4.79 Å². The molecule has 0 aromatic carbocycles. The average Bonchev–Trinajstić information content (AvgIpc) is 2.81. The van der Waals surface area contributed by atoms with E-state index in [1.807, 2.05) is 18.4 Å². The van der Waals surface area contributed by atoms with Crippen molar-refractivity contribution in [2.75, 3.05) is 6.54 Å². The number of hydrogen-bond donors (Lipinski definition) is 2. The summed E-state index contributed by atoms with van der Waals surface area (Å²) in [5.41, 5.74) is 1.20. The Kier molecular flexibility index (Phi) is 5.16. The summed E-state index contributed by atoms with van der Waals surface area (Å²) >= 11 is 1.64. The summed E-state index contributed by atoms with van der Waals surface area (Å²) in [5, 5.41) is 14.4. The lowest BCUT2D eigenvalue weighted by Crippen LogP contribution is -2.31. The van der Waals surface area contributed by atoms with Gasteiger partial charge in [0.2, 0.25) is 5.91 Å². The highest BCUT2D eigenvalue weighted by molar-refractivity contribution is 7.11. The van der Waals surface area contributed by atoms with Gasteiger partial charge in [-0.25, -0.2) is 0 Å². The van der Waals surface area contributed by atoms with Crippen LogP contribution in [0, 0.1) is 12.8 Å². The Balaban J connectivity index is 1.73. The largest absolute Gasteiger partial charge is 0.393 e. The molecule has 1 heterocycles. The molecule has 1 aromatic rings. The van der Waals surface area contributed by atoms with Gasteiger partial charge in [-0.1, -0.05) is 0 Å². The highest BCUT2D eigenvalue weighted by atomic mass is 32.1. The molecule has 104 valence electrons. The molecule has 0 spiro atoms. The monoisotopic (exact) mass is 279 g/mol. The van der Waals surface area contributed by atoms with Gasteiger partial charge in [0, 0.05) is 17.5 Å². The van der Waals surface area contributed by atoms with Crippen molar-refractivity contribution in [3.8, 4) is 0 Å². The van der Waals surface area contributed by atoms with Crippen LogP contribution in [-0.4, -0.2) is 23.7 Å². The van der Waals surface area contributed by atoms with E-state index in [1.54, 1.807) is 17.4 Å². The Morgan fingerprint density at radius 1 is 1.47 bits per heavy atom. The molecule has 19 heavy (non-hydrogen) atoms.